The molecule has 0 radical (unpaired) electrons. The van der Waals surface area contributed by atoms with Crippen molar-refractivity contribution in [2.75, 3.05) is 26.4 Å². The van der Waals surface area contributed by atoms with Gasteiger partial charge >= 0.3 is 11.9 Å². The highest BCUT2D eigenvalue weighted by Gasteiger charge is 2.45. The highest BCUT2D eigenvalue weighted by atomic mass is 35.5. The number of alkyl halides is 2. The van der Waals surface area contributed by atoms with Crippen molar-refractivity contribution in [3.63, 3.8) is 0 Å². The van der Waals surface area contributed by atoms with Crippen LogP contribution in [0.15, 0.2) is 35.7 Å². The van der Waals surface area contributed by atoms with Gasteiger partial charge in [-0.25, -0.2) is 9.78 Å². The number of thiazole rings is 1. The molecule has 0 bridgehead atoms. The maximum atomic E-state index is 13.7. The molecule has 0 atom stereocenters. The van der Waals surface area contributed by atoms with Gasteiger partial charge in [0.2, 0.25) is 0 Å². The van der Waals surface area contributed by atoms with Crippen molar-refractivity contribution in [1.29, 1.82) is 0 Å². The monoisotopic (exact) mass is 391 g/mol. The number of ether oxygens (including phenoxy) is 3. The maximum absolute atomic E-state index is 13.7. The average Bonchev–Trinajstić information content (AvgIpc) is 3.05. The molecule has 0 unspecified atom stereocenters. The Balaban J connectivity index is 1.56. The Morgan fingerprint density at radius 1 is 1.12 bits per heavy atom. The van der Waals surface area contributed by atoms with E-state index in [1.54, 1.807) is 0 Å². The van der Waals surface area contributed by atoms with Crippen molar-refractivity contribution in [3.05, 3.63) is 51.4 Å². The Kier molecular flexibility index (Phi) is 7.70. The Morgan fingerprint density at radius 2 is 1.80 bits per heavy atom. The van der Waals surface area contributed by atoms with Crippen molar-refractivity contribution in [1.82, 2.24) is 4.98 Å². The van der Waals surface area contributed by atoms with Crippen molar-refractivity contribution >= 4 is 28.9 Å². The highest BCUT2D eigenvalue weighted by molar-refractivity contribution is 7.14. The van der Waals surface area contributed by atoms with E-state index in [4.69, 9.17) is 21.1 Å². The molecule has 9 heteroatoms. The lowest BCUT2D eigenvalue weighted by molar-refractivity contribution is -0.175. The number of hydrogen-bond acceptors (Lipinski definition) is 6. The number of hydrogen-bond donors (Lipinski definition) is 0. The molecular formula is C16H16ClF2NO4S. The van der Waals surface area contributed by atoms with E-state index in [9.17, 15) is 13.6 Å². The highest BCUT2D eigenvalue weighted by Crippen LogP contribution is 2.31. The summed E-state index contributed by atoms with van der Waals surface area (Å²) in [5, 5.41) is 1.02. The Morgan fingerprint density at radius 3 is 2.48 bits per heavy atom. The summed E-state index contributed by atoms with van der Waals surface area (Å²) in [5.41, 5.74) is 0.323. The van der Waals surface area contributed by atoms with Gasteiger partial charge < -0.3 is 14.2 Å². The van der Waals surface area contributed by atoms with Crippen LogP contribution < -0.4 is 0 Å². The third-order valence-electron chi connectivity index (χ3n) is 3.00. The van der Waals surface area contributed by atoms with E-state index in [0.29, 0.717) is 13.2 Å². The lowest BCUT2D eigenvalue weighted by Gasteiger charge is -2.13. The Labute approximate surface area is 152 Å². The van der Waals surface area contributed by atoms with E-state index >= 15 is 0 Å². The van der Waals surface area contributed by atoms with E-state index < -0.39 is 17.6 Å². The molecule has 1 aromatic heterocycles. The van der Waals surface area contributed by atoms with E-state index in [1.165, 1.54) is 0 Å². The predicted molar refractivity (Wildman–Crippen MR) is 88.9 cm³/mol. The van der Waals surface area contributed by atoms with E-state index in [0.717, 1.165) is 22.3 Å². The zero-order valence-corrected chi connectivity index (χ0v) is 14.7. The third-order valence-corrected chi connectivity index (χ3v) is 3.98. The summed E-state index contributed by atoms with van der Waals surface area (Å²) < 4.78 is 42.5. The summed E-state index contributed by atoms with van der Waals surface area (Å²) in [5.74, 6) is -5.51. The number of carbonyl (C=O) groups excluding carboxylic acids is 1. The second-order valence-electron chi connectivity index (χ2n) is 4.85. The SMILES string of the molecule is O=C(OCCOCCOCc1ccccc1)C(F)(F)c1csc(Cl)n1. The minimum absolute atomic E-state index is 0.00562. The van der Waals surface area contributed by atoms with Crippen LogP contribution in [0.4, 0.5) is 8.78 Å². The van der Waals surface area contributed by atoms with Gasteiger partial charge in [0.05, 0.1) is 26.4 Å². The van der Waals surface area contributed by atoms with Gasteiger partial charge in [-0.3, -0.25) is 0 Å². The van der Waals surface area contributed by atoms with Crippen LogP contribution >= 0.6 is 22.9 Å². The van der Waals surface area contributed by atoms with Gasteiger partial charge in [0.25, 0.3) is 0 Å². The molecule has 0 aliphatic rings. The van der Waals surface area contributed by atoms with E-state index in [1.807, 2.05) is 30.3 Å². The molecule has 0 aliphatic heterocycles. The number of esters is 1. The average molecular weight is 392 g/mol. The quantitative estimate of drug-likeness (QED) is 0.457. The molecule has 5 nitrogen and oxygen atoms in total. The number of benzene rings is 1. The zero-order valence-electron chi connectivity index (χ0n) is 13.1. The molecule has 1 aromatic carbocycles. The number of aromatic nitrogens is 1. The van der Waals surface area contributed by atoms with Crippen LogP contribution in [0.2, 0.25) is 4.47 Å². The summed E-state index contributed by atoms with van der Waals surface area (Å²) >= 11 is 6.30. The second-order valence-corrected chi connectivity index (χ2v) is 6.29. The normalized spacial score (nSPS) is 11.5. The van der Waals surface area contributed by atoms with Gasteiger partial charge in [0.1, 0.15) is 12.3 Å². The molecule has 0 aliphatic carbocycles. The smallest absolute Gasteiger partial charge is 0.385 e. The summed E-state index contributed by atoms with van der Waals surface area (Å²) in [7, 11) is 0. The van der Waals surface area contributed by atoms with Crippen molar-refractivity contribution in [2.45, 2.75) is 12.5 Å². The molecular weight excluding hydrogens is 376 g/mol. The second kappa shape index (κ2) is 9.76. The molecule has 2 rings (SSSR count). The molecule has 25 heavy (non-hydrogen) atoms. The van der Waals surface area contributed by atoms with Gasteiger partial charge in [-0.1, -0.05) is 41.9 Å². The summed E-state index contributed by atoms with van der Waals surface area (Å²) in [4.78, 5) is 14.8. The van der Waals surface area contributed by atoms with Crippen LogP contribution in [0, 0.1) is 0 Å². The number of carbonyl (C=O) groups is 1. The first-order valence-corrected chi connectivity index (χ1v) is 8.62. The van der Waals surface area contributed by atoms with Crippen LogP contribution in [0.5, 0.6) is 0 Å². The fourth-order valence-corrected chi connectivity index (χ4v) is 2.55. The van der Waals surface area contributed by atoms with Crippen LogP contribution in [-0.2, 0) is 31.5 Å². The van der Waals surface area contributed by atoms with Crippen LogP contribution in [0.25, 0.3) is 0 Å². The first kappa shape index (κ1) is 19.7. The molecule has 2 aromatic rings. The summed E-state index contributed by atoms with van der Waals surface area (Å²) in [6.07, 6.45) is 0. The standard InChI is InChI=1S/C16H16ClF2NO4S/c17-15-20-13(11-25-15)16(18,19)14(21)24-9-8-22-6-7-23-10-12-4-2-1-3-5-12/h1-5,11H,6-10H2. The van der Waals surface area contributed by atoms with Gasteiger partial charge in [-0.2, -0.15) is 8.78 Å². The van der Waals surface area contributed by atoms with E-state index in [2.05, 4.69) is 9.72 Å². The van der Waals surface area contributed by atoms with Crippen molar-refractivity contribution in [2.24, 2.45) is 0 Å². The van der Waals surface area contributed by atoms with Crippen LogP contribution in [0.3, 0.4) is 0 Å². The lowest BCUT2D eigenvalue weighted by Crippen LogP contribution is -2.29. The molecule has 0 spiro atoms. The first-order chi connectivity index (χ1) is 12.0. The van der Waals surface area contributed by atoms with Crippen LogP contribution in [0.1, 0.15) is 11.3 Å². The largest absolute Gasteiger partial charge is 0.458 e. The van der Waals surface area contributed by atoms with Gasteiger partial charge in [-0.15, -0.1) is 11.3 Å². The molecule has 0 N–H and O–H groups in total. The Bertz CT molecular complexity index is 669. The first-order valence-electron chi connectivity index (χ1n) is 7.36. The lowest BCUT2D eigenvalue weighted by atomic mass is 10.2. The molecule has 136 valence electrons. The van der Waals surface area contributed by atoms with Crippen molar-refractivity contribution in [3.8, 4) is 0 Å². The molecule has 0 fully saturated rings. The predicted octanol–water partition coefficient (Wildman–Crippen LogP) is 3.66. The molecule has 0 saturated carbocycles. The van der Waals surface area contributed by atoms with Crippen molar-refractivity contribution < 1.29 is 27.8 Å². The summed E-state index contributed by atoms with van der Waals surface area (Å²) in [6.45, 7) is 0.777. The Hall–Kier alpha value is -1.61. The van der Waals surface area contributed by atoms with Crippen LogP contribution in [-0.4, -0.2) is 37.4 Å². The number of nitrogens with zero attached hydrogens (tertiary/aromatic N) is 1. The van der Waals surface area contributed by atoms with Gasteiger partial charge in [0, 0.05) is 5.38 Å². The minimum Gasteiger partial charge on any atom is -0.458 e. The van der Waals surface area contributed by atoms with Gasteiger partial charge in [-0.05, 0) is 5.56 Å². The third kappa shape index (κ3) is 6.32. The molecule has 0 amide bonds. The fourth-order valence-electron chi connectivity index (χ4n) is 1.77. The molecule has 1 heterocycles. The van der Waals surface area contributed by atoms with Gasteiger partial charge in [0.15, 0.2) is 4.47 Å². The summed E-state index contributed by atoms with van der Waals surface area (Å²) in [6, 6.07) is 9.63. The van der Waals surface area contributed by atoms with E-state index in [-0.39, 0.29) is 24.3 Å². The zero-order chi connectivity index (χ0) is 18.1. The fraction of sp³-hybridized carbons (Fsp3) is 0.375. The maximum Gasteiger partial charge on any atom is 0.385 e. The topological polar surface area (TPSA) is 57.7 Å². The molecule has 0 saturated heterocycles. The minimum atomic E-state index is -3.83. The number of halogens is 3. The number of rotatable bonds is 10.